The van der Waals surface area contributed by atoms with Crippen LogP contribution in [-0.4, -0.2) is 35.4 Å². The average Bonchev–Trinajstić information content (AvgIpc) is 3.11. The second kappa shape index (κ2) is 6.34. The molecule has 3 heterocycles. The lowest BCUT2D eigenvalue weighted by Gasteiger charge is -2.15. The first-order valence-electron chi connectivity index (χ1n) is 7.13. The quantitative estimate of drug-likeness (QED) is 0.909. The summed E-state index contributed by atoms with van der Waals surface area (Å²) in [6.45, 7) is 2.62. The SMILES string of the molecule is Cc1cc(C(F)(F)F)nn1CCNC(=O)c1scc2c1OCCO2. The smallest absolute Gasteiger partial charge is 0.435 e. The standard InChI is InChI=1S/C14H14F3N3O3S/c1-8-6-10(14(15,16)17)19-20(8)3-2-18-13(21)12-11-9(7-24-12)22-4-5-23-11/h6-7H,2-5H2,1H3,(H,18,21). The third-order valence-electron chi connectivity index (χ3n) is 3.39. The van der Waals surface area contributed by atoms with Crippen molar-refractivity contribution in [3.05, 3.63) is 27.7 Å². The van der Waals surface area contributed by atoms with Gasteiger partial charge in [0, 0.05) is 17.6 Å². The number of nitrogens with one attached hydrogen (secondary N) is 1. The summed E-state index contributed by atoms with van der Waals surface area (Å²) in [6.07, 6.45) is -4.48. The van der Waals surface area contributed by atoms with Crippen molar-refractivity contribution in [3.8, 4) is 11.5 Å². The van der Waals surface area contributed by atoms with Crippen LogP contribution in [0.25, 0.3) is 0 Å². The number of rotatable bonds is 4. The highest BCUT2D eigenvalue weighted by molar-refractivity contribution is 7.12. The van der Waals surface area contributed by atoms with Gasteiger partial charge in [0.1, 0.15) is 18.1 Å². The Kier molecular flexibility index (Phi) is 4.39. The zero-order valence-corrected chi connectivity index (χ0v) is 13.5. The van der Waals surface area contributed by atoms with Crippen LogP contribution >= 0.6 is 11.3 Å². The fourth-order valence-corrected chi connectivity index (χ4v) is 3.10. The lowest BCUT2D eigenvalue weighted by atomic mass is 10.3. The number of nitrogens with zero attached hydrogens (tertiary/aromatic N) is 2. The van der Waals surface area contributed by atoms with Crippen LogP contribution in [0.5, 0.6) is 11.5 Å². The number of aryl methyl sites for hydroxylation is 1. The maximum Gasteiger partial charge on any atom is 0.435 e. The highest BCUT2D eigenvalue weighted by atomic mass is 32.1. The molecule has 2 aromatic heterocycles. The molecule has 3 rings (SSSR count). The minimum Gasteiger partial charge on any atom is -0.485 e. The van der Waals surface area contributed by atoms with Crippen LogP contribution in [0.15, 0.2) is 11.4 Å². The number of amides is 1. The summed E-state index contributed by atoms with van der Waals surface area (Å²) in [5, 5.41) is 7.85. The fraction of sp³-hybridized carbons (Fsp3) is 0.429. The van der Waals surface area contributed by atoms with Crippen molar-refractivity contribution >= 4 is 17.2 Å². The topological polar surface area (TPSA) is 65.4 Å². The lowest BCUT2D eigenvalue weighted by Crippen LogP contribution is -2.28. The number of aromatic nitrogens is 2. The van der Waals surface area contributed by atoms with Crippen molar-refractivity contribution in [2.24, 2.45) is 0 Å². The monoisotopic (exact) mass is 361 g/mol. The van der Waals surface area contributed by atoms with Gasteiger partial charge in [-0.15, -0.1) is 11.3 Å². The number of thiophene rings is 1. The molecule has 0 aliphatic carbocycles. The summed E-state index contributed by atoms with van der Waals surface area (Å²) < 4.78 is 49.8. The molecule has 0 unspecified atom stereocenters. The molecule has 0 atom stereocenters. The van der Waals surface area contributed by atoms with Gasteiger partial charge in [0.05, 0.1) is 6.54 Å². The number of hydrogen-bond donors (Lipinski definition) is 1. The zero-order valence-electron chi connectivity index (χ0n) is 12.6. The number of halogens is 3. The third-order valence-corrected chi connectivity index (χ3v) is 4.33. The van der Waals surface area contributed by atoms with E-state index in [2.05, 4.69) is 10.4 Å². The molecule has 0 saturated heterocycles. The molecule has 10 heteroatoms. The van der Waals surface area contributed by atoms with Crippen LogP contribution in [0.3, 0.4) is 0 Å². The largest absolute Gasteiger partial charge is 0.485 e. The van der Waals surface area contributed by atoms with Crippen LogP contribution in [0.1, 0.15) is 21.1 Å². The van der Waals surface area contributed by atoms with Gasteiger partial charge in [-0.05, 0) is 13.0 Å². The molecule has 0 radical (unpaired) electrons. The van der Waals surface area contributed by atoms with Crippen LogP contribution < -0.4 is 14.8 Å². The van der Waals surface area contributed by atoms with E-state index in [9.17, 15) is 18.0 Å². The first kappa shape index (κ1) is 16.6. The van der Waals surface area contributed by atoms with Crippen molar-refractivity contribution < 1.29 is 27.4 Å². The normalized spacial score (nSPS) is 13.8. The molecule has 1 N–H and O–H groups in total. The summed E-state index contributed by atoms with van der Waals surface area (Å²) in [6, 6.07) is 0.975. The molecule has 0 bridgehead atoms. The molecule has 6 nitrogen and oxygen atoms in total. The molecule has 130 valence electrons. The van der Waals surface area contributed by atoms with Gasteiger partial charge >= 0.3 is 6.18 Å². The van der Waals surface area contributed by atoms with Gasteiger partial charge in [-0.2, -0.15) is 18.3 Å². The van der Waals surface area contributed by atoms with E-state index in [1.165, 1.54) is 22.9 Å². The molecule has 0 fully saturated rings. The molecule has 2 aromatic rings. The van der Waals surface area contributed by atoms with Crippen molar-refractivity contribution in [2.45, 2.75) is 19.6 Å². The molecule has 0 saturated carbocycles. The van der Waals surface area contributed by atoms with Gasteiger partial charge in [-0.25, -0.2) is 0 Å². The van der Waals surface area contributed by atoms with Crippen LogP contribution in [0, 0.1) is 6.92 Å². The third kappa shape index (κ3) is 3.32. The Morgan fingerprint density at radius 3 is 2.88 bits per heavy atom. The van der Waals surface area contributed by atoms with E-state index in [4.69, 9.17) is 9.47 Å². The van der Waals surface area contributed by atoms with E-state index in [0.29, 0.717) is 35.3 Å². The van der Waals surface area contributed by atoms with Gasteiger partial charge in [0.25, 0.3) is 5.91 Å². The molecule has 0 spiro atoms. The zero-order chi connectivity index (χ0) is 17.3. The molecular weight excluding hydrogens is 347 g/mol. The van der Waals surface area contributed by atoms with Crippen molar-refractivity contribution in [1.29, 1.82) is 0 Å². The van der Waals surface area contributed by atoms with Gasteiger partial charge in [-0.3, -0.25) is 9.48 Å². The predicted octanol–water partition coefficient (Wildman–Crippen LogP) is 2.47. The van der Waals surface area contributed by atoms with E-state index >= 15 is 0 Å². The van der Waals surface area contributed by atoms with E-state index in [1.807, 2.05) is 0 Å². The van der Waals surface area contributed by atoms with Gasteiger partial charge in [0.2, 0.25) is 0 Å². The van der Waals surface area contributed by atoms with E-state index in [0.717, 1.165) is 6.07 Å². The minimum atomic E-state index is -4.48. The van der Waals surface area contributed by atoms with E-state index in [-0.39, 0.29) is 19.0 Å². The molecule has 1 aliphatic heterocycles. The first-order valence-corrected chi connectivity index (χ1v) is 8.01. The number of hydrogen-bond acceptors (Lipinski definition) is 5. The maximum atomic E-state index is 12.6. The average molecular weight is 361 g/mol. The van der Waals surface area contributed by atoms with Gasteiger partial charge < -0.3 is 14.8 Å². The Labute approximate surface area is 139 Å². The van der Waals surface area contributed by atoms with Crippen LogP contribution in [0.2, 0.25) is 0 Å². The van der Waals surface area contributed by atoms with E-state index in [1.54, 1.807) is 5.38 Å². The number of carbonyl (C=O) groups is 1. The number of alkyl halides is 3. The minimum absolute atomic E-state index is 0.137. The molecule has 24 heavy (non-hydrogen) atoms. The number of ether oxygens (including phenoxy) is 2. The highest BCUT2D eigenvalue weighted by Crippen LogP contribution is 2.39. The summed E-state index contributed by atoms with van der Waals surface area (Å²) in [7, 11) is 0. The summed E-state index contributed by atoms with van der Waals surface area (Å²) in [5.74, 6) is 0.597. The van der Waals surface area contributed by atoms with Gasteiger partial charge in [0.15, 0.2) is 17.2 Å². The summed E-state index contributed by atoms with van der Waals surface area (Å²) >= 11 is 1.20. The summed E-state index contributed by atoms with van der Waals surface area (Å²) in [4.78, 5) is 12.6. The second-order valence-corrected chi connectivity index (χ2v) is 5.98. The second-order valence-electron chi connectivity index (χ2n) is 5.10. The van der Waals surface area contributed by atoms with Crippen molar-refractivity contribution in [3.63, 3.8) is 0 Å². The number of carbonyl (C=O) groups excluding carboxylic acids is 1. The van der Waals surface area contributed by atoms with E-state index < -0.39 is 11.9 Å². The first-order chi connectivity index (χ1) is 11.4. The molecular formula is C14H14F3N3O3S. The fourth-order valence-electron chi connectivity index (χ4n) is 2.25. The van der Waals surface area contributed by atoms with Crippen molar-refractivity contribution in [2.75, 3.05) is 19.8 Å². The Morgan fingerprint density at radius 1 is 1.42 bits per heavy atom. The Balaban J connectivity index is 1.60. The van der Waals surface area contributed by atoms with Crippen LogP contribution in [0.4, 0.5) is 13.2 Å². The number of fused-ring (bicyclic) bond motifs is 1. The molecule has 1 amide bonds. The highest BCUT2D eigenvalue weighted by Gasteiger charge is 2.34. The lowest BCUT2D eigenvalue weighted by molar-refractivity contribution is -0.141. The van der Waals surface area contributed by atoms with Crippen LogP contribution in [-0.2, 0) is 12.7 Å². The van der Waals surface area contributed by atoms with Gasteiger partial charge in [-0.1, -0.05) is 0 Å². The Morgan fingerprint density at radius 2 is 2.17 bits per heavy atom. The molecule has 1 aliphatic rings. The molecule has 0 aromatic carbocycles. The van der Waals surface area contributed by atoms with Crippen molar-refractivity contribution in [1.82, 2.24) is 15.1 Å². The predicted molar refractivity (Wildman–Crippen MR) is 79.6 cm³/mol. The Hall–Kier alpha value is -2.23. The maximum absolute atomic E-state index is 12.6. The Bertz CT molecular complexity index is 754. The summed E-state index contributed by atoms with van der Waals surface area (Å²) in [5.41, 5.74) is -0.564.